The highest BCUT2D eigenvalue weighted by Crippen LogP contribution is 2.32. The van der Waals surface area contributed by atoms with Crippen molar-refractivity contribution in [3.63, 3.8) is 0 Å². The van der Waals surface area contributed by atoms with Crippen molar-refractivity contribution in [1.29, 1.82) is 0 Å². The molecular weight excluding hydrogens is 368 g/mol. The Morgan fingerprint density at radius 3 is 3.00 bits per heavy atom. The van der Waals surface area contributed by atoms with Crippen LogP contribution in [0.1, 0.15) is 23.7 Å². The largest absolute Gasteiger partial charge is 0.496 e. The summed E-state index contributed by atoms with van der Waals surface area (Å²) in [6, 6.07) is 15.6. The molecule has 3 heterocycles. The lowest BCUT2D eigenvalue weighted by Crippen LogP contribution is -2.24. The number of hydrogen-bond acceptors (Lipinski definition) is 5. The van der Waals surface area contributed by atoms with Gasteiger partial charge in [0.1, 0.15) is 5.75 Å². The van der Waals surface area contributed by atoms with Crippen LogP contribution in [0.3, 0.4) is 0 Å². The van der Waals surface area contributed by atoms with Gasteiger partial charge in [-0.15, -0.1) is 0 Å². The number of carbonyl (C=O) groups excluding carboxylic acids is 1. The lowest BCUT2D eigenvalue weighted by Gasteiger charge is -2.17. The molecule has 29 heavy (non-hydrogen) atoms. The molecule has 0 radical (unpaired) electrons. The molecule has 2 aromatic carbocycles. The van der Waals surface area contributed by atoms with Crippen LogP contribution in [0, 0.1) is 0 Å². The maximum absolute atomic E-state index is 12.6. The Morgan fingerprint density at radius 2 is 2.10 bits per heavy atom. The maximum atomic E-state index is 12.6. The Labute approximate surface area is 167 Å². The van der Waals surface area contributed by atoms with Crippen molar-refractivity contribution < 1.29 is 14.1 Å². The molecule has 7 heteroatoms. The summed E-state index contributed by atoms with van der Waals surface area (Å²) in [7, 11) is 1.64. The van der Waals surface area contributed by atoms with E-state index in [2.05, 4.69) is 15.1 Å². The minimum atomic E-state index is -0.0832. The summed E-state index contributed by atoms with van der Waals surface area (Å²) < 4.78 is 10.9. The van der Waals surface area contributed by atoms with E-state index in [1.54, 1.807) is 7.11 Å². The predicted molar refractivity (Wildman–Crippen MR) is 107 cm³/mol. The molecule has 1 saturated heterocycles. The third-order valence-electron chi connectivity index (χ3n) is 5.40. The fraction of sp³-hybridized carbons (Fsp3) is 0.227. The number of nitrogens with one attached hydrogen (secondary N) is 1. The second-order valence-corrected chi connectivity index (χ2v) is 7.19. The van der Waals surface area contributed by atoms with Gasteiger partial charge in [-0.3, -0.25) is 4.79 Å². The number of ether oxygens (including phenoxy) is 1. The smallest absolute Gasteiger partial charge is 0.258 e. The molecule has 4 aromatic rings. The Bertz CT molecular complexity index is 1180. The molecule has 1 fully saturated rings. The van der Waals surface area contributed by atoms with Gasteiger partial charge >= 0.3 is 0 Å². The van der Waals surface area contributed by atoms with Gasteiger partial charge in [-0.2, -0.15) is 4.98 Å². The van der Waals surface area contributed by atoms with Crippen LogP contribution >= 0.6 is 0 Å². The van der Waals surface area contributed by atoms with Crippen LogP contribution in [-0.2, 0) is 11.3 Å². The second-order valence-electron chi connectivity index (χ2n) is 7.19. The molecule has 146 valence electrons. The molecule has 2 aromatic heterocycles. The molecule has 1 unspecified atom stereocenters. The first-order chi connectivity index (χ1) is 14.2. The summed E-state index contributed by atoms with van der Waals surface area (Å²) >= 11 is 0. The summed E-state index contributed by atoms with van der Waals surface area (Å²) in [6.07, 6.45) is 2.26. The van der Waals surface area contributed by atoms with Gasteiger partial charge in [-0.25, -0.2) is 0 Å². The average Bonchev–Trinajstić information content (AvgIpc) is 3.48. The molecule has 1 atom stereocenters. The quantitative estimate of drug-likeness (QED) is 0.563. The molecule has 1 N–H and O–H groups in total. The number of amides is 1. The van der Waals surface area contributed by atoms with E-state index in [0.717, 1.165) is 27.8 Å². The van der Waals surface area contributed by atoms with Crippen molar-refractivity contribution in [3.05, 3.63) is 66.1 Å². The van der Waals surface area contributed by atoms with Crippen LogP contribution in [0.4, 0.5) is 0 Å². The Morgan fingerprint density at radius 1 is 1.21 bits per heavy atom. The Balaban J connectivity index is 1.36. The number of rotatable bonds is 5. The SMILES string of the molecule is COc1ccccc1CN1CC(c2noc(-c3cccc4[nH]ccc34)n2)CC1=O. The normalized spacial score (nSPS) is 16.7. The number of aromatic nitrogens is 3. The topological polar surface area (TPSA) is 84.2 Å². The summed E-state index contributed by atoms with van der Waals surface area (Å²) in [5.74, 6) is 1.83. The Kier molecular flexibility index (Phi) is 4.27. The van der Waals surface area contributed by atoms with Crippen molar-refractivity contribution >= 4 is 16.8 Å². The van der Waals surface area contributed by atoms with Crippen LogP contribution < -0.4 is 4.74 Å². The molecule has 1 aliphatic heterocycles. The lowest BCUT2D eigenvalue weighted by atomic mass is 10.1. The van der Waals surface area contributed by atoms with Crippen LogP contribution in [0.2, 0.25) is 0 Å². The molecular formula is C22H20N4O3. The number of fused-ring (bicyclic) bond motifs is 1. The molecule has 0 bridgehead atoms. The van der Waals surface area contributed by atoms with E-state index in [4.69, 9.17) is 9.26 Å². The highest BCUT2D eigenvalue weighted by molar-refractivity contribution is 5.92. The van der Waals surface area contributed by atoms with E-state index in [9.17, 15) is 4.79 Å². The number of nitrogens with zero attached hydrogens (tertiary/aromatic N) is 3. The van der Waals surface area contributed by atoms with E-state index in [-0.39, 0.29) is 11.8 Å². The average molecular weight is 388 g/mol. The van der Waals surface area contributed by atoms with Crippen molar-refractivity contribution in [2.75, 3.05) is 13.7 Å². The molecule has 1 aliphatic rings. The van der Waals surface area contributed by atoms with Crippen LogP contribution in [0.25, 0.3) is 22.4 Å². The molecule has 5 rings (SSSR count). The third-order valence-corrected chi connectivity index (χ3v) is 5.40. The molecule has 7 nitrogen and oxygen atoms in total. The minimum Gasteiger partial charge on any atom is -0.496 e. The van der Waals surface area contributed by atoms with Crippen LogP contribution in [0.15, 0.2) is 59.3 Å². The molecule has 0 aliphatic carbocycles. The van der Waals surface area contributed by atoms with Gasteiger partial charge < -0.3 is 19.1 Å². The van der Waals surface area contributed by atoms with Gasteiger partial charge in [0.2, 0.25) is 5.91 Å². The number of hydrogen-bond donors (Lipinski definition) is 1. The van der Waals surface area contributed by atoms with E-state index < -0.39 is 0 Å². The van der Waals surface area contributed by atoms with Crippen molar-refractivity contribution in [2.45, 2.75) is 18.9 Å². The molecule has 0 saturated carbocycles. The van der Waals surface area contributed by atoms with Gasteiger partial charge in [-0.1, -0.05) is 29.4 Å². The summed E-state index contributed by atoms with van der Waals surface area (Å²) in [5, 5.41) is 5.21. The summed E-state index contributed by atoms with van der Waals surface area (Å²) in [4.78, 5) is 22.2. The van der Waals surface area contributed by atoms with Crippen molar-refractivity contribution in [2.24, 2.45) is 0 Å². The zero-order valence-electron chi connectivity index (χ0n) is 16.0. The summed E-state index contributed by atoms with van der Waals surface area (Å²) in [5.41, 5.74) is 2.89. The zero-order valence-corrected chi connectivity index (χ0v) is 16.0. The highest BCUT2D eigenvalue weighted by atomic mass is 16.5. The van der Waals surface area contributed by atoms with Gasteiger partial charge in [0.05, 0.1) is 7.11 Å². The monoisotopic (exact) mass is 388 g/mol. The first-order valence-electron chi connectivity index (χ1n) is 9.52. The standard InChI is InChI=1S/C22H20N4O3/c1-28-19-8-3-2-5-14(19)12-26-13-15(11-20(26)27)21-24-22(29-25-21)17-6-4-7-18-16(17)9-10-23-18/h2-10,15,23H,11-13H2,1H3. The first kappa shape index (κ1) is 17.5. The second kappa shape index (κ2) is 7.09. The minimum absolute atomic E-state index is 0.0832. The van der Waals surface area contributed by atoms with E-state index in [1.165, 1.54) is 0 Å². The number of H-pyrrole nitrogens is 1. The fourth-order valence-corrected chi connectivity index (χ4v) is 3.92. The lowest BCUT2D eigenvalue weighted by molar-refractivity contribution is -0.128. The number of para-hydroxylation sites is 1. The Hall–Kier alpha value is -3.61. The van der Waals surface area contributed by atoms with E-state index >= 15 is 0 Å². The predicted octanol–water partition coefficient (Wildman–Crippen LogP) is 3.74. The fourth-order valence-electron chi connectivity index (χ4n) is 3.92. The van der Waals surface area contributed by atoms with Crippen LogP contribution in [0.5, 0.6) is 5.75 Å². The number of benzene rings is 2. The van der Waals surface area contributed by atoms with Gasteiger partial charge in [0.15, 0.2) is 5.82 Å². The summed E-state index contributed by atoms with van der Waals surface area (Å²) in [6.45, 7) is 1.07. The number of carbonyl (C=O) groups is 1. The van der Waals surface area contributed by atoms with Gasteiger partial charge in [-0.05, 0) is 24.3 Å². The van der Waals surface area contributed by atoms with E-state index in [0.29, 0.717) is 31.2 Å². The molecule has 1 amide bonds. The number of likely N-dealkylation sites (tertiary alicyclic amines) is 1. The number of methoxy groups -OCH3 is 1. The van der Waals surface area contributed by atoms with Gasteiger partial charge in [0.25, 0.3) is 5.89 Å². The van der Waals surface area contributed by atoms with Crippen molar-refractivity contribution in [3.8, 4) is 17.2 Å². The highest BCUT2D eigenvalue weighted by Gasteiger charge is 2.34. The van der Waals surface area contributed by atoms with E-state index in [1.807, 2.05) is 59.6 Å². The van der Waals surface area contributed by atoms with Gasteiger partial charge in [0, 0.05) is 53.7 Å². The zero-order chi connectivity index (χ0) is 19.8. The third kappa shape index (κ3) is 3.14. The first-order valence-corrected chi connectivity index (χ1v) is 9.52. The molecule has 0 spiro atoms. The van der Waals surface area contributed by atoms with Crippen LogP contribution in [-0.4, -0.2) is 39.6 Å². The van der Waals surface area contributed by atoms with Crippen molar-refractivity contribution in [1.82, 2.24) is 20.0 Å². The number of aromatic amines is 1. The maximum Gasteiger partial charge on any atom is 0.258 e.